The molecule has 1 aromatic carbocycles. The van der Waals surface area contributed by atoms with E-state index in [2.05, 4.69) is 53.7 Å². The third-order valence-corrected chi connectivity index (χ3v) is 5.35. The van der Waals surface area contributed by atoms with E-state index in [9.17, 15) is 4.79 Å². The van der Waals surface area contributed by atoms with Gasteiger partial charge in [0.15, 0.2) is 6.10 Å². The standard InChI is InChI=1S/C20H24O2S/c1-19(2,3)12-7-8-14-16(10-12)23-17-11-13(20(4,5)6)9-15(22-14)18(17)21/h7-11,15H,1-6H3. The van der Waals surface area contributed by atoms with E-state index in [1.54, 1.807) is 0 Å². The van der Waals surface area contributed by atoms with Gasteiger partial charge in [-0.1, -0.05) is 59.4 Å². The number of Topliss-reactive ketones (excluding diaryl/α,β-unsaturated/α-hetero) is 1. The lowest BCUT2D eigenvalue weighted by Crippen LogP contribution is -2.29. The summed E-state index contributed by atoms with van der Waals surface area (Å²) in [6.07, 6.45) is 3.50. The van der Waals surface area contributed by atoms with Crippen molar-refractivity contribution in [2.24, 2.45) is 5.41 Å². The first-order valence-electron chi connectivity index (χ1n) is 8.03. The Morgan fingerprint density at radius 2 is 1.74 bits per heavy atom. The van der Waals surface area contributed by atoms with Gasteiger partial charge in [-0.25, -0.2) is 0 Å². The summed E-state index contributed by atoms with van der Waals surface area (Å²) in [7, 11) is 0. The Morgan fingerprint density at radius 3 is 2.35 bits per heavy atom. The minimum Gasteiger partial charge on any atom is -0.477 e. The molecule has 1 unspecified atom stereocenters. The van der Waals surface area contributed by atoms with Gasteiger partial charge >= 0.3 is 0 Å². The highest BCUT2D eigenvalue weighted by molar-refractivity contribution is 8.04. The maximum Gasteiger partial charge on any atom is 0.213 e. The SMILES string of the molecule is CC(C)(C)C1=CC2Oc3ccc(C(C)(C)C)cc3SC(=C1)C2=O. The van der Waals surface area contributed by atoms with E-state index < -0.39 is 6.10 Å². The van der Waals surface area contributed by atoms with E-state index in [0.29, 0.717) is 0 Å². The molecular formula is C20H24O2S. The van der Waals surface area contributed by atoms with Crippen LogP contribution in [0.5, 0.6) is 5.75 Å². The van der Waals surface area contributed by atoms with Crippen molar-refractivity contribution in [1.29, 1.82) is 0 Å². The van der Waals surface area contributed by atoms with E-state index in [1.807, 2.05) is 18.2 Å². The van der Waals surface area contributed by atoms with Crippen LogP contribution in [0.25, 0.3) is 0 Å². The highest BCUT2D eigenvalue weighted by Crippen LogP contribution is 2.45. The van der Waals surface area contributed by atoms with E-state index >= 15 is 0 Å². The average molecular weight is 328 g/mol. The molecule has 0 aromatic heterocycles. The van der Waals surface area contributed by atoms with Gasteiger partial charge in [0.25, 0.3) is 0 Å². The molecule has 1 heterocycles. The van der Waals surface area contributed by atoms with Crippen LogP contribution < -0.4 is 4.74 Å². The van der Waals surface area contributed by atoms with Gasteiger partial charge in [0, 0.05) is 0 Å². The molecule has 1 atom stereocenters. The molecule has 23 heavy (non-hydrogen) atoms. The predicted octanol–water partition coefficient (Wildman–Crippen LogP) is 5.28. The Labute approximate surface area is 143 Å². The topological polar surface area (TPSA) is 26.3 Å². The largest absolute Gasteiger partial charge is 0.477 e. The Balaban J connectivity index is 2.06. The number of ether oxygens (including phenoxy) is 1. The van der Waals surface area contributed by atoms with Gasteiger partial charge in [-0.3, -0.25) is 4.79 Å². The van der Waals surface area contributed by atoms with Crippen LogP contribution in [0.15, 0.2) is 45.7 Å². The molecule has 3 heteroatoms. The number of thioether (sulfide) groups is 1. The molecule has 1 aliphatic heterocycles. The summed E-state index contributed by atoms with van der Waals surface area (Å²) in [5.41, 5.74) is 2.49. The zero-order valence-electron chi connectivity index (χ0n) is 14.7. The molecule has 0 spiro atoms. The molecule has 0 amide bonds. The smallest absolute Gasteiger partial charge is 0.213 e. The van der Waals surface area contributed by atoms with E-state index in [4.69, 9.17) is 4.74 Å². The molecule has 0 saturated heterocycles. The molecule has 2 nitrogen and oxygen atoms in total. The fourth-order valence-electron chi connectivity index (χ4n) is 2.68. The minimum atomic E-state index is -0.501. The number of carbonyl (C=O) groups excluding carboxylic acids is 1. The summed E-state index contributed by atoms with van der Waals surface area (Å²) in [5.74, 6) is 0.868. The van der Waals surface area contributed by atoms with Crippen LogP contribution in [0.1, 0.15) is 47.1 Å². The summed E-state index contributed by atoms with van der Waals surface area (Å²) in [6.45, 7) is 13.1. The van der Waals surface area contributed by atoms with Crippen LogP contribution in [0.2, 0.25) is 0 Å². The highest BCUT2D eigenvalue weighted by Gasteiger charge is 2.34. The Bertz CT molecular complexity index is 727. The summed E-state index contributed by atoms with van der Waals surface area (Å²) in [5, 5.41) is 0. The lowest BCUT2D eigenvalue weighted by Gasteiger charge is -2.26. The minimum absolute atomic E-state index is 0.00120. The van der Waals surface area contributed by atoms with Gasteiger partial charge in [0.1, 0.15) is 5.75 Å². The van der Waals surface area contributed by atoms with Crippen LogP contribution in [0, 0.1) is 5.41 Å². The molecule has 0 fully saturated rings. The number of hydrogen-bond acceptors (Lipinski definition) is 3. The van der Waals surface area contributed by atoms with Gasteiger partial charge in [0.05, 0.1) is 9.80 Å². The Morgan fingerprint density at radius 1 is 1.04 bits per heavy atom. The third kappa shape index (κ3) is 3.12. The first-order chi connectivity index (χ1) is 10.6. The van der Waals surface area contributed by atoms with Crippen molar-refractivity contribution < 1.29 is 9.53 Å². The average Bonchev–Trinajstić information content (AvgIpc) is 2.50. The molecule has 0 N–H and O–H groups in total. The van der Waals surface area contributed by atoms with Gasteiger partial charge in [0.2, 0.25) is 5.78 Å². The van der Waals surface area contributed by atoms with Crippen molar-refractivity contribution in [2.45, 2.75) is 58.0 Å². The Hall–Kier alpha value is -1.48. The number of rotatable bonds is 0. The zero-order valence-corrected chi connectivity index (χ0v) is 15.5. The van der Waals surface area contributed by atoms with E-state index in [0.717, 1.165) is 21.1 Å². The molecule has 0 radical (unpaired) electrons. The second-order valence-corrected chi connectivity index (χ2v) is 9.38. The fraction of sp³-hybridized carbons (Fsp3) is 0.450. The van der Waals surface area contributed by atoms with Crippen molar-refractivity contribution in [3.8, 4) is 5.75 Å². The monoisotopic (exact) mass is 328 g/mol. The number of fused-ring (bicyclic) bond motifs is 3. The van der Waals surface area contributed by atoms with Gasteiger partial charge in [-0.05, 0) is 46.3 Å². The van der Waals surface area contributed by atoms with Crippen LogP contribution in [-0.4, -0.2) is 11.9 Å². The summed E-state index contributed by atoms with van der Waals surface area (Å²) in [4.78, 5) is 14.4. The maximum atomic E-state index is 12.6. The molecule has 0 saturated carbocycles. The first kappa shape index (κ1) is 16.4. The van der Waals surface area contributed by atoms with Gasteiger partial charge in [-0.15, -0.1) is 0 Å². The maximum absolute atomic E-state index is 12.6. The first-order valence-corrected chi connectivity index (χ1v) is 8.84. The summed E-state index contributed by atoms with van der Waals surface area (Å²) < 4.78 is 6.05. The van der Waals surface area contributed by atoms with Crippen molar-refractivity contribution >= 4 is 17.5 Å². The molecular weight excluding hydrogens is 304 g/mol. The van der Waals surface area contributed by atoms with Crippen LogP contribution >= 0.6 is 11.8 Å². The van der Waals surface area contributed by atoms with Crippen molar-refractivity contribution in [1.82, 2.24) is 0 Å². The second kappa shape index (κ2) is 5.27. The number of ketones is 1. The summed E-state index contributed by atoms with van der Waals surface area (Å²) >= 11 is 1.54. The van der Waals surface area contributed by atoms with Crippen LogP contribution in [0.4, 0.5) is 0 Å². The zero-order chi connectivity index (χ0) is 17.0. The lowest BCUT2D eigenvalue weighted by atomic mass is 9.83. The molecule has 122 valence electrons. The van der Waals surface area contributed by atoms with Gasteiger partial charge < -0.3 is 4.74 Å². The summed E-state index contributed by atoms with van der Waals surface area (Å²) in [6, 6.07) is 6.26. The van der Waals surface area contributed by atoms with Gasteiger partial charge in [-0.2, -0.15) is 0 Å². The molecule has 2 bridgehead atoms. The Kier molecular flexibility index (Phi) is 3.75. The quantitative estimate of drug-likeness (QED) is 0.648. The molecule has 2 aliphatic rings. The van der Waals surface area contributed by atoms with Crippen molar-refractivity contribution in [2.75, 3.05) is 0 Å². The van der Waals surface area contributed by atoms with E-state index in [1.165, 1.54) is 17.3 Å². The normalized spacial score (nSPS) is 21.0. The predicted molar refractivity (Wildman–Crippen MR) is 96.0 cm³/mol. The van der Waals surface area contributed by atoms with Crippen LogP contribution in [-0.2, 0) is 10.2 Å². The number of hydrogen-bond donors (Lipinski definition) is 0. The fourth-order valence-corrected chi connectivity index (χ4v) is 3.72. The number of benzene rings is 1. The lowest BCUT2D eigenvalue weighted by molar-refractivity contribution is -0.119. The third-order valence-electron chi connectivity index (χ3n) is 4.27. The van der Waals surface area contributed by atoms with Crippen molar-refractivity contribution in [3.63, 3.8) is 0 Å². The molecule has 1 aromatic rings. The highest BCUT2D eigenvalue weighted by atomic mass is 32.2. The number of carbonyl (C=O) groups is 1. The molecule has 1 aliphatic carbocycles. The number of allylic oxidation sites excluding steroid dienone is 2. The van der Waals surface area contributed by atoms with Crippen molar-refractivity contribution in [3.05, 3.63) is 46.4 Å². The second-order valence-electron chi connectivity index (χ2n) is 8.30. The van der Waals surface area contributed by atoms with Crippen LogP contribution in [0.3, 0.4) is 0 Å². The molecule has 3 rings (SSSR count). The van der Waals surface area contributed by atoms with E-state index in [-0.39, 0.29) is 16.6 Å².